The Morgan fingerprint density at radius 1 is 1.00 bits per heavy atom. The number of benzene rings is 3. The third-order valence-electron chi connectivity index (χ3n) is 7.10. The lowest BCUT2D eigenvalue weighted by atomic mass is 9.99. The fourth-order valence-corrected chi connectivity index (χ4v) is 5.09. The highest BCUT2D eigenvalue weighted by Gasteiger charge is 2.20. The van der Waals surface area contributed by atoms with Crippen LogP contribution in [0.4, 0.5) is 5.69 Å². The number of amides is 1. The minimum absolute atomic E-state index is 0.220. The maximum absolute atomic E-state index is 12.8. The van der Waals surface area contributed by atoms with Gasteiger partial charge in [0.15, 0.2) is 0 Å². The molecule has 0 saturated carbocycles. The standard InChI is InChI=1S/C31H32N4O/c1-2-3-11-30-33-28-18-17-26(34-19-8-4-5-12-31(34)36)20-29(28)35(30)22-23-13-15-24(16-14-23)27-10-7-6-9-25(27)21-32/h6-7,9-10,13-18,20H,2-5,8,11-12,19,22H2,1H3. The normalized spacial score (nSPS) is 14.1. The van der Waals surface area contributed by atoms with Crippen LogP contribution in [0.5, 0.6) is 0 Å². The molecular weight excluding hydrogens is 444 g/mol. The van der Waals surface area contributed by atoms with Crippen LogP contribution in [0, 0.1) is 11.3 Å². The molecule has 1 saturated heterocycles. The SMILES string of the molecule is CCCCc1nc2ccc(N3CCCCCC3=O)cc2n1Cc1ccc(-c2ccccc2C#N)cc1. The first kappa shape index (κ1) is 23.8. The molecule has 0 atom stereocenters. The van der Waals surface area contributed by atoms with E-state index in [1.165, 1.54) is 5.56 Å². The number of anilines is 1. The second-order valence-electron chi connectivity index (χ2n) is 9.60. The van der Waals surface area contributed by atoms with Crippen LogP contribution >= 0.6 is 0 Å². The van der Waals surface area contributed by atoms with Gasteiger partial charge in [-0.1, -0.05) is 62.2 Å². The van der Waals surface area contributed by atoms with Crippen molar-refractivity contribution < 1.29 is 4.79 Å². The zero-order valence-corrected chi connectivity index (χ0v) is 20.9. The Kier molecular flexibility index (Phi) is 7.13. The van der Waals surface area contributed by atoms with E-state index in [1.54, 1.807) is 0 Å². The second kappa shape index (κ2) is 10.8. The average molecular weight is 477 g/mol. The van der Waals surface area contributed by atoms with E-state index in [0.717, 1.165) is 78.7 Å². The molecule has 182 valence electrons. The molecule has 1 amide bonds. The number of nitrogens with zero attached hydrogens (tertiary/aromatic N) is 4. The topological polar surface area (TPSA) is 61.9 Å². The maximum atomic E-state index is 12.8. The predicted octanol–water partition coefficient (Wildman–Crippen LogP) is 6.87. The van der Waals surface area contributed by atoms with Gasteiger partial charge in [0.2, 0.25) is 5.91 Å². The van der Waals surface area contributed by atoms with Gasteiger partial charge in [-0.3, -0.25) is 4.79 Å². The highest BCUT2D eigenvalue weighted by Crippen LogP contribution is 2.28. The molecule has 1 aliphatic heterocycles. The van der Waals surface area contributed by atoms with Crippen LogP contribution in [0.1, 0.15) is 62.4 Å². The van der Waals surface area contributed by atoms with Gasteiger partial charge in [0, 0.05) is 31.6 Å². The van der Waals surface area contributed by atoms with E-state index in [4.69, 9.17) is 4.98 Å². The molecule has 1 aliphatic rings. The Bertz CT molecular complexity index is 1410. The van der Waals surface area contributed by atoms with E-state index < -0.39 is 0 Å². The third-order valence-corrected chi connectivity index (χ3v) is 7.10. The van der Waals surface area contributed by atoms with Crippen LogP contribution in [0.15, 0.2) is 66.7 Å². The van der Waals surface area contributed by atoms with Gasteiger partial charge in [0.25, 0.3) is 0 Å². The molecule has 5 nitrogen and oxygen atoms in total. The van der Waals surface area contributed by atoms with Gasteiger partial charge in [0.1, 0.15) is 5.82 Å². The first-order valence-corrected chi connectivity index (χ1v) is 13.1. The van der Waals surface area contributed by atoms with E-state index in [0.29, 0.717) is 18.5 Å². The van der Waals surface area contributed by atoms with E-state index in [2.05, 4.69) is 54.0 Å². The highest BCUT2D eigenvalue weighted by atomic mass is 16.2. The maximum Gasteiger partial charge on any atom is 0.226 e. The molecule has 4 aromatic rings. The number of carbonyl (C=O) groups excluding carboxylic acids is 1. The van der Waals surface area contributed by atoms with Gasteiger partial charge < -0.3 is 9.47 Å². The predicted molar refractivity (Wildman–Crippen MR) is 145 cm³/mol. The van der Waals surface area contributed by atoms with Crippen molar-refractivity contribution in [3.63, 3.8) is 0 Å². The minimum Gasteiger partial charge on any atom is -0.323 e. The lowest BCUT2D eigenvalue weighted by Crippen LogP contribution is -2.29. The molecule has 0 spiro atoms. The fraction of sp³-hybridized carbons (Fsp3) is 0.323. The van der Waals surface area contributed by atoms with Crippen molar-refractivity contribution in [2.45, 2.75) is 58.4 Å². The molecular formula is C31H32N4O. The average Bonchev–Trinajstić information content (AvgIpc) is 3.10. The van der Waals surface area contributed by atoms with Gasteiger partial charge in [-0.15, -0.1) is 0 Å². The van der Waals surface area contributed by atoms with Crippen LogP contribution < -0.4 is 4.90 Å². The first-order chi connectivity index (χ1) is 17.7. The molecule has 36 heavy (non-hydrogen) atoms. The van der Waals surface area contributed by atoms with E-state index in [-0.39, 0.29) is 5.91 Å². The molecule has 1 aromatic heterocycles. The summed E-state index contributed by atoms with van der Waals surface area (Å²) in [5, 5.41) is 9.47. The number of imidazole rings is 1. The summed E-state index contributed by atoms with van der Waals surface area (Å²) in [6.45, 7) is 3.70. The number of nitriles is 1. The molecule has 5 heteroatoms. The zero-order valence-electron chi connectivity index (χ0n) is 20.9. The highest BCUT2D eigenvalue weighted by molar-refractivity contribution is 5.95. The summed E-state index contributed by atoms with van der Waals surface area (Å²) in [6.07, 6.45) is 6.89. The van der Waals surface area contributed by atoms with Crippen LogP contribution in [0.2, 0.25) is 0 Å². The lowest BCUT2D eigenvalue weighted by Gasteiger charge is -2.21. The number of hydrogen-bond donors (Lipinski definition) is 0. The van der Waals surface area contributed by atoms with Gasteiger partial charge in [-0.25, -0.2) is 4.98 Å². The van der Waals surface area contributed by atoms with Crippen molar-refractivity contribution in [1.29, 1.82) is 5.26 Å². The summed E-state index contributed by atoms with van der Waals surface area (Å²) in [5.41, 5.74) is 6.89. The van der Waals surface area contributed by atoms with Crippen molar-refractivity contribution in [2.75, 3.05) is 11.4 Å². The van der Waals surface area contributed by atoms with Gasteiger partial charge in [-0.05, 0) is 60.2 Å². The number of fused-ring (bicyclic) bond motifs is 1. The third kappa shape index (κ3) is 4.90. The van der Waals surface area contributed by atoms with Crippen molar-refractivity contribution in [2.24, 2.45) is 0 Å². The number of aryl methyl sites for hydroxylation is 1. The summed E-state index contributed by atoms with van der Waals surface area (Å²) in [4.78, 5) is 19.7. The molecule has 3 aromatic carbocycles. The Balaban J connectivity index is 1.49. The van der Waals surface area contributed by atoms with Crippen molar-refractivity contribution in [3.05, 3.63) is 83.7 Å². The van der Waals surface area contributed by atoms with Gasteiger partial charge in [0.05, 0.1) is 22.7 Å². The molecule has 0 aliphatic carbocycles. The summed E-state index contributed by atoms with van der Waals surface area (Å²) in [6, 6.07) is 24.7. The van der Waals surface area contributed by atoms with Gasteiger partial charge in [-0.2, -0.15) is 5.26 Å². The molecule has 0 unspecified atom stereocenters. The Labute approximate surface area is 213 Å². The number of rotatable bonds is 7. The molecule has 0 N–H and O–H groups in total. The smallest absolute Gasteiger partial charge is 0.226 e. The number of aromatic nitrogens is 2. The first-order valence-electron chi connectivity index (χ1n) is 13.1. The number of carbonyl (C=O) groups is 1. The monoisotopic (exact) mass is 476 g/mol. The van der Waals surface area contributed by atoms with Gasteiger partial charge >= 0.3 is 0 Å². The zero-order chi connectivity index (χ0) is 24.9. The lowest BCUT2D eigenvalue weighted by molar-refractivity contribution is -0.118. The molecule has 5 rings (SSSR count). The van der Waals surface area contributed by atoms with Crippen molar-refractivity contribution >= 4 is 22.6 Å². The Hall–Kier alpha value is -3.91. The molecule has 0 bridgehead atoms. The van der Waals surface area contributed by atoms with E-state index in [9.17, 15) is 10.1 Å². The van der Waals surface area contributed by atoms with E-state index in [1.807, 2.05) is 35.2 Å². The second-order valence-corrected chi connectivity index (χ2v) is 9.60. The quantitative estimate of drug-likeness (QED) is 0.292. The number of unbranched alkanes of at least 4 members (excludes halogenated alkanes) is 1. The van der Waals surface area contributed by atoms with E-state index >= 15 is 0 Å². The fourth-order valence-electron chi connectivity index (χ4n) is 5.09. The van der Waals surface area contributed by atoms with Crippen molar-refractivity contribution in [1.82, 2.24) is 9.55 Å². The molecule has 2 heterocycles. The summed E-state index contributed by atoms with van der Waals surface area (Å²) < 4.78 is 2.31. The van der Waals surface area contributed by atoms with Crippen LogP contribution in [0.25, 0.3) is 22.2 Å². The molecule has 0 radical (unpaired) electrons. The van der Waals surface area contributed by atoms with Crippen LogP contribution in [-0.4, -0.2) is 22.0 Å². The van der Waals surface area contributed by atoms with Crippen molar-refractivity contribution in [3.8, 4) is 17.2 Å². The Morgan fingerprint density at radius 3 is 2.64 bits per heavy atom. The largest absolute Gasteiger partial charge is 0.323 e. The van der Waals surface area contributed by atoms with Crippen LogP contribution in [0.3, 0.4) is 0 Å². The summed E-state index contributed by atoms with van der Waals surface area (Å²) in [5.74, 6) is 1.31. The number of hydrogen-bond acceptors (Lipinski definition) is 3. The Morgan fingerprint density at radius 2 is 1.83 bits per heavy atom. The minimum atomic E-state index is 0.220. The summed E-state index contributed by atoms with van der Waals surface area (Å²) >= 11 is 0. The summed E-state index contributed by atoms with van der Waals surface area (Å²) in [7, 11) is 0. The van der Waals surface area contributed by atoms with Crippen LogP contribution in [-0.2, 0) is 17.8 Å². The molecule has 1 fully saturated rings.